The zero-order valence-corrected chi connectivity index (χ0v) is 14.6. The van der Waals surface area contributed by atoms with Gasteiger partial charge in [-0.3, -0.25) is 0 Å². The molecule has 4 heteroatoms. The Kier molecular flexibility index (Phi) is 5.46. The third-order valence-electron chi connectivity index (χ3n) is 5.09. The Hall–Kier alpha value is -1.55. The number of amides is 2. The number of urea groups is 1. The van der Waals surface area contributed by atoms with Gasteiger partial charge < -0.3 is 15.1 Å². The summed E-state index contributed by atoms with van der Waals surface area (Å²) in [5, 5.41) is 3.03. The first kappa shape index (κ1) is 16.8. The average Bonchev–Trinajstić information content (AvgIpc) is 2.50. The number of rotatable bonds is 3. The summed E-state index contributed by atoms with van der Waals surface area (Å²) in [4.78, 5) is 15.9. The van der Waals surface area contributed by atoms with Gasteiger partial charge in [0, 0.05) is 31.6 Å². The highest BCUT2D eigenvalue weighted by molar-refractivity contribution is 5.89. The lowest BCUT2D eigenvalue weighted by Gasteiger charge is -2.36. The van der Waals surface area contributed by atoms with E-state index in [0.717, 1.165) is 31.6 Å². The van der Waals surface area contributed by atoms with E-state index in [1.807, 2.05) is 17.0 Å². The molecule has 0 bridgehead atoms. The smallest absolute Gasteiger partial charge is 0.321 e. The van der Waals surface area contributed by atoms with Crippen LogP contribution in [-0.4, -0.2) is 43.2 Å². The van der Waals surface area contributed by atoms with Crippen LogP contribution in [0.1, 0.15) is 37.8 Å². The van der Waals surface area contributed by atoms with Crippen molar-refractivity contribution < 1.29 is 9.69 Å². The highest BCUT2D eigenvalue weighted by Gasteiger charge is 2.28. The summed E-state index contributed by atoms with van der Waals surface area (Å²) in [6, 6.07) is 7.41. The maximum atomic E-state index is 12.4. The fourth-order valence-corrected chi connectivity index (χ4v) is 3.03. The minimum absolute atomic E-state index is 0.0314. The Bertz CT molecular complexity index is 519. The summed E-state index contributed by atoms with van der Waals surface area (Å²) >= 11 is 0. The SMILES string of the molecule is Cc1ccc(NC(=O)N2CCC([NH+](C)C(C)C)CC2)cc1C. The lowest BCUT2D eigenvalue weighted by atomic mass is 10.0. The van der Waals surface area contributed by atoms with Gasteiger partial charge in [-0.25, -0.2) is 4.79 Å². The standard InChI is InChI=1S/C18H29N3O/c1-13(2)20(5)17-8-10-21(11-9-17)18(22)19-16-7-6-14(3)15(4)12-16/h6-7,12-13,17H,8-11H2,1-5H3,(H,19,22)/p+1. The fraction of sp³-hybridized carbons (Fsp3) is 0.611. The maximum absolute atomic E-state index is 12.4. The summed E-state index contributed by atoms with van der Waals surface area (Å²) < 4.78 is 0. The molecule has 1 fully saturated rings. The predicted octanol–water partition coefficient (Wildman–Crippen LogP) is 2.22. The van der Waals surface area contributed by atoms with E-state index < -0.39 is 0 Å². The number of hydrogen-bond donors (Lipinski definition) is 2. The van der Waals surface area contributed by atoms with Gasteiger partial charge in [0.1, 0.15) is 0 Å². The van der Waals surface area contributed by atoms with E-state index in [-0.39, 0.29) is 6.03 Å². The highest BCUT2D eigenvalue weighted by Crippen LogP contribution is 2.16. The minimum atomic E-state index is 0.0314. The molecule has 1 saturated heterocycles. The van der Waals surface area contributed by atoms with Crippen molar-refractivity contribution in [3.8, 4) is 0 Å². The summed E-state index contributed by atoms with van der Waals surface area (Å²) in [6.07, 6.45) is 2.18. The van der Waals surface area contributed by atoms with Crippen LogP contribution in [0.4, 0.5) is 10.5 Å². The number of quaternary nitrogens is 1. The van der Waals surface area contributed by atoms with Crippen LogP contribution in [0.15, 0.2) is 18.2 Å². The second-order valence-corrected chi connectivity index (χ2v) is 6.89. The van der Waals surface area contributed by atoms with Crippen molar-refractivity contribution in [2.24, 2.45) is 0 Å². The molecule has 2 amide bonds. The number of benzene rings is 1. The summed E-state index contributed by atoms with van der Waals surface area (Å²) in [5.41, 5.74) is 3.34. The van der Waals surface area contributed by atoms with Crippen LogP contribution in [0.2, 0.25) is 0 Å². The molecule has 1 heterocycles. The molecule has 4 nitrogen and oxygen atoms in total. The quantitative estimate of drug-likeness (QED) is 0.883. The zero-order chi connectivity index (χ0) is 16.3. The average molecular weight is 304 g/mol. The molecule has 2 N–H and O–H groups in total. The van der Waals surface area contributed by atoms with Crippen LogP contribution >= 0.6 is 0 Å². The Morgan fingerprint density at radius 1 is 1.23 bits per heavy atom. The van der Waals surface area contributed by atoms with Gasteiger partial charge in [0.25, 0.3) is 0 Å². The minimum Gasteiger partial charge on any atom is -0.333 e. The maximum Gasteiger partial charge on any atom is 0.321 e. The topological polar surface area (TPSA) is 36.8 Å². The van der Waals surface area contributed by atoms with E-state index in [1.165, 1.54) is 11.1 Å². The van der Waals surface area contributed by atoms with Gasteiger partial charge in [0.2, 0.25) is 0 Å². The molecule has 0 radical (unpaired) electrons. The van der Waals surface area contributed by atoms with Crippen molar-refractivity contribution in [2.75, 3.05) is 25.5 Å². The first-order valence-electron chi connectivity index (χ1n) is 8.35. The van der Waals surface area contributed by atoms with Crippen LogP contribution in [0.3, 0.4) is 0 Å². The van der Waals surface area contributed by atoms with Crippen molar-refractivity contribution in [1.29, 1.82) is 0 Å². The van der Waals surface area contributed by atoms with E-state index in [9.17, 15) is 4.79 Å². The van der Waals surface area contributed by atoms with Gasteiger partial charge in [0.05, 0.1) is 19.1 Å². The third-order valence-corrected chi connectivity index (χ3v) is 5.09. The lowest BCUT2D eigenvalue weighted by molar-refractivity contribution is -0.928. The first-order valence-corrected chi connectivity index (χ1v) is 8.35. The number of nitrogens with zero attached hydrogens (tertiary/aromatic N) is 1. The molecule has 1 atom stereocenters. The van der Waals surface area contributed by atoms with Gasteiger partial charge in [0.15, 0.2) is 0 Å². The van der Waals surface area contributed by atoms with Gasteiger partial charge in [-0.05, 0) is 51.0 Å². The number of likely N-dealkylation sites (tertiary alicyclic amines) is 1. The number of carbonyl (C=O) groups is 1. The molecule has 1 aromatic carbocycles. The Labute approximate surface area is 134 Å². The van der Waals surface area contributed by atoms with Crippen molar-refractivity contribution >= 4 is 11.7 Å². The van der Waals surface area contributed by atoms with Crippen molar-refractivity contribution in [3.63, 3.8) is 0 Å². The number of piperidine rings is 1. The van der Waals surface area contributed by atoms with Crippen LogP contribution in [-0.2, 0) is 0 Å². The Morgan fingerprint density at radius 3 is 2.41 bits per heavy atom. The largest absolute Gasteiger partial charge is 0.333 e. The monoisotopic (exact) mass is 304 g/mol. The number of anilines is 1. The van der Waals surface area contributed by atoms with E-state index in [2.05, 4.69) is 46.1 Å². The van der Waals surface area contributed by atoms with E-state index in [1.54, 1.807) is 4.90 Å². The van der Waals surface area contributed by atoms with Crippen molar-refractivity contribution in [1.82, 2.24) is 4.90 Å². The highest BCUT2D eigenvalue weighted by atomic mass is 16.2. The van der Waals surface area contributed by atoms with Gasteiger partial charge >= 0.3 is 6.03 Å². The van der Waals surface area contributed by atoms with Crippen LogP contribution in [0.5, 0.6) is 0 Å². The van der Waals surface area contributed by atoms with Gasteiger partial charge in [-0.2, -0.15) is 0 Å². The van der Waals surface area contributed by atoms with Crippen LogP contribution < -0.4 is 10.2 Å². The molecule has 1 unspecified atom stereocenters. The van der Waals surface area contributed by atoms with E-state index >= 15 is 0 Å². The second kappa shape index (κ2) is 7.14. The zero-order valence-electron chi connectivity index (χ0n) is 14.6. The Morgan fingerprint density at radius 2 is 1.86 bits per heavy atom. The summed E-state index contributed by atoms with van der Waals surface area (Å²) in [7, 11) is 2.26. The second-order valence-electron chi connectivity index (χ2n) is 6.89. The molecule has 1 aromatic rings. The molecule has 2 rings (SSSR count). The molecular formula is C18H30N3O+. The molecule has 0 aliphatic carbocycles. The van der Waals surface area contributed by atoms with Crippen molar-refractivity contribution in [2.45, 2.75) is 52.6 Å². The first-order chi connectivity index (χ1) is 10.4. The van der Waals surface area contributed by atoms with Crippen LogP contribution in [0, 0.1) is 13.8 Å². The number of carbonyl (C=O) groups excluding carboxylic acids is 1. The third kappa shape index (κ3) is 4.01. The fourth-order valence-electron chi connectivity index (χ4n) is 3.03. The van der Waals surface area contributed by atoms with Gasteiger partial charge in [-0.15, -0.1) is 0 Å². The normalized spacial score (nSPS) is 17.6. The molecule has 22 heavy (non-hydrogen) atoms. The molecule has 0 saturated carbocycles. The Balaban J connectivity index is 1.88. The van der Waals surface area contributed by atoms with Crippen LogP contribution in [0.25, 0.3) is 0 Å². The van der Waals surface area contributed by atoms with E-state index in [0.29, 0.717) is 12.1 Å². The molecule has 122 valence electrons. The van der Waals surface area contributed by atoms with Crippen molar-refractivity contribution in [3.05, 3.63) is 29.3 Å². The summed E-state index contributed by atoms with van der Waals surface area (Å²) in [5.74, 6) is 0. The summed E-state index contributed by atoms with van der Waals surface area (Å²) in [6.45, 7) is 10.4. The van der Waals surface area contributed by atoms with E-state index in [4.69, 9.17) is 0 Å². The molecule has 1 aliphatic heterocycles. The molecule has 0 spiro atoms. The molecular weight excluding hydrogens is 274 g/mol. The lowest BCUT2D eigenvalue weighted by Crippen LogP contribution is -3.16. The number of hydrogen-bond acceptors (Lipinski definition) is 1. The molecule has 0 aromatic heterocycles. The predicted molar refractivity (Wildman–Crippen MR) is 91.6 cm³/mol. The van der Waals surface area contributed by atoms with Gasteiger partial charge in [-0.1, -0.05) is 6.07 Å². The number of aryl methyl sites for hydroxylation is 2. The number of nitrogens with one attached hydrogen (secondary N) is 2. The molecule has 1 aliphatic rings.